The third kappa shape index (κ3) is 4.76. The van der Waals surface area contributed by atoms with Crippen molar-refractivity contribution in [3.63, 3.8) is 0 Å². The lowest BCUT2D eigenvalue weighted by Gasteiger charge is -2.03. The summed E-state index contributed by atoms with van der Waals surface area (Å²) in [5.74, 6) is 5.13. The molecule has 7 heteroatoms. The number of nitrogens with one attached hydrogen (secondary N) is 1. The van der Waals surface area contributed by atoms with E-state index in [-0.39, 0.29) is 17.4 Å². The summed E-state index contributed by atoms with van der Waals surface area (Å²) in [5.41, 5.74) is 1.99. The predicted molar refractivity (Wildman–Crippen MR) is 68.1 cm³/mol. The van der Waals surface area contributed by atoms with Gasteiger partial charge in [0, 0.05) is 5.75 Å². The zero-order valence-corrected chi connectivity index (χ0v) is 10.8. The van der Waals surface area contributed by atoms with Crippen molar-refractivity contribution < 1.29 is 13.2 Å². The lowest BCUT2D eigenvalue weighted by atomic mass is 10.4. The zero-order valence-electron chi connectivity index (χ0n) is 9.13. The molecular formula is C10H14N2O3S2. The summed E-state index contributed by atoms with van der Waals surface area (Å²) in [6, 6.07) is 8.25. The average molecular weight is 274 g/mol. The Balaban J connectivity index is 2.44. The Labute approximate surface area is 105 Å². The van der Waals surface area contributed by atoms with Crippen molar-refractivity contribution in [3.8, 4) is 0 Å². The van der Waals surface area contributed by atoms with Gasteiger partial charge in [-0.05, 0) is 12.1 Å². The minimum Gasteiger partial charge on any atom is -0.294 e. The van der Waals surface area contributed by atoms with E-state index in [9.17, 15) is 13.2 Å². The van der Waals surface area contributed by atoms with E-state index in [1.165, 1.54) is 11.8 Å². The van der Waals surface area contributed by atoms with Crippen LogP contribution in [-0.2, 0) is 14.6 Å². The van der Waals surface area contributed by atoms with Crippen LogP contribution >= 0.6 is 11.8 Å². The first-order chi connectivity index (χ1) is 8.06. The fourth-order valence-corrected chi connectivity index (χ4v) is 3.69. The maximum Gasteiger partial charge on any atom is 0.243 e. The van der Waals surface area contributed by atoms with Gasteiger partial charge in [-0.1, -0.05) is 18.2 Å². The van der Waals surface area contributed by atoms with E-state index in [1.807, 2.05) is 5.43 Å². The van der Waals surface area contributed by atoms with Gasteiger partial charge < -0.3 is 0 Å². The standard InChI is InChI=1S/C10H14N2O3S2/c11-12-10(13)8-16-6-7-17(14,15)9-4-2-1-3-5-9/h1-5H,6-8,11H2,(H,12,13). The number of amides is 1. The lowest BCUT2D eigenvalue weighted by molar-refractivity contribution is -0.118. The molecule has 94 valence electrons. The largest absolute Gasteiger partial charge is 0.294 e. The fourth-order valence-electron chi connectivity index (χ4n) is 1.12. The van der Waals surface area contributed by atoms with Crippen molar-refractivity contribution >= 4 is 27.5 Å². The van der Waals surface area contributed by atoms with Gasteiger partial charge in [0.15, 0.2) is 9.84 Å². The van der Waals surface area contributed by atoms with Crippen LogP contribution in [0.1, 0.15) is 0 Å². The SMILES string of the molecule is NNC(=O)CSCCS(=O)(=O)c1ccccc1. The minimum atomic E-state index is -3.25. The molecule has 1 aromatic rings. The summed E-state index contributed by atoms with van der Waals surface area (Å²) in [5, 5.41) is 0. The number of rotatable bonds is 6. The number of sulfone groups is 1. The van der Waals surface area contributed by atoms with Crippen LogP contribution in [0.25, 0.3) is 0 Å². The maximum atomic E-state index is 11.8. The van der Waals surface area contributed by atoms with Gasteiger partial charge in [-0.25, -0.2) is 14.3 Å². The minimum absolute atomic E-state index is 0.0134. The van der Waals surface area contributed by atoms with Gasteiger partial charge in [-0.3, -0.25) is 10.2 Å². The van der Waals surface area contributed by atoms with Crippen LogP contribution in [0.15, 0.2) is 35.2 Å². The molecule has 0 atom stereocenters. The summed E-state index contributed by atoms with van der Waals surface area (Å²) >= 11 is 1.24. The van der Waals surface area contributed by atoms with Crippen molar-refractivity contribution in [2.45, 2.75) is 4.90 Å². The van der Waals surface area contributed by atoms with Crippen molar-refractivity contribution in [1.82, 2.24) is 5.43 Å². The Morgan fingerprint density at radius 2 is 1.94 bits per heavy atom. The highest BCUT2D eigenvalue weighted by Crippen LogP contribution is 2.12. The molecule has 0 fully saturated rings. The molecule has 0 aliphatic heterocycles. The molecule has 5 nitrogen and oxygen atoms in total. The van der Waals surface area contributed by atoms with Gasteiger partial charge in [-0.2, -0.15) is 11.8 Å². The lowest BCUT2D eigenvalue weighted by Crippen LogP contribution is -2.31. The van der Waals surface area contributed by atoms with Gasteiger partial charge >= 0.3 is 0 Å². The number of hydrogen-bond acceptors (Lipinski definition) is 5. The summed E-state index contributed by atoms with van der Waals surface area (Å²) in [4.78, 5) is 11.1. The van der Waals surface area contributed by atoms with E-state index < -0.39 is 9.84 Å². The quantitative estimate of drug-likeness (QED) is 0.334. The highest BCUT2D eigenvalue weighted by atomic mass is 32.2. The van der Waals surface area contributed by atoms with Crippen molar-refractivity contribution in [3.05, 3.63) is 30.3 Å². The van der Waals surface area contributed by atoms with Crippen LogP contribution in [0.2, 0.25) is 0 Å². The Kier molecular flexibility index (Phi) is 5.46. The van der Waals surface area contributed by atoms with Crippen LogP contribution in [0.4, 0.5) is 0 Å². The molecule has 1 rings (SSSR count). The van der Waals surface area contributed by atoms with Gasteiger partial charge in [0.2, 0.25) is 5.91 Å². The van der Waals surface area contributed by atoms with Crippen LogP contribution in [-0.4, -0.2) is 31.6 Å². The smallest absolute Gasteiger partial charge is 0.243 e. The van der Waals surface area contributed by atoms with Crippen molar-refractivity contribution in [2.75, 3.05) is 17.3 Å². The van der Waals surface area contributed by atoms with Gasteiger partial charge in [0.1, 0.15) is 0 Å². The molecule has 0 spiro atoms. The highest BCUT2D eigenvalue weighted by molar-refractivity contribution is 8.01. The van der Waals surface area contributed by atoms with E-state index >= 15 is 0 Å². The Hall–Kier alpha value is -1.05. The van der Waals surface area contributed by atoms with Crippen LogP contribution in [0.5, 0.6) is 0 Å². The van der Waals surface area contributed by atoms with Crippen LogP contribution in [0, 0.1) is 0 Å². The molecule has 17 heavy (non-hydrogen) atoms. The van der Waals surface area contributed by atoms with E-state index in [4.69, 9.17) is 5.84 Å². The second-order valence-corrected chi connectivity index (χ2v) is 6.47. The number of hydrogen-bond donors (Lipinski definition) is 2. The van der Waals surface area contributed by atoms with Gasteiger partial charge in [0.25, 0.3) is 0 Å². The molecule has 0 saturated heterocycles. The van der Waals surface area contributed by atoms with Crippen LogP contribution in [0.3, 0.4) is 0 Å². The van der Waals surface area contributed by atoms with E-state index in [0.29, 0.717) is 10.6 Å². The number of carbonyl (C=O) groups is 1. The highest BCUT2D eigenvalue weighted by Gasteiger charge is 2.13. The Bertz CT molecular complexity index is 460. The second kappa shape index (κ2) is 6.63. The van der Waals surface area contributed by atoms with Crippen molar-refractivity contribution in [2.24, 2.45) is 5.84 Å². The second-order valence-electron chi connectivity index (χ2n) is 3.25. The third-order valence-corrected chi connectivity index (χ3v) is 4.94. The predicted octanol–water partition coefficient (Wildman–Crippen LogP) is 0.183. The fraction of sp³-hybridized carbons (Fsp3) is 0.300. The van der Waals surface area contributed by atoms with Crippen LogP contribution < -0.4 is 11.3 Å². The zero-order chi connectivity index (χ0) is 12.7. The molecule has 0 heterocycles. The molecule has 0 bridgehead atoms. The molecule has 0 aliphatic rings. The Morgan fingerprint density at radius 3 is 2.53 bits per heavy atom. The topological polar surface area (TPSA) is 89.3 Å². The number of hydrazine groups is 1. The average Bonchev–Trinajstić information content (AvgIpc) is 2.35. The first-order valence-corrected chi connectivity index (χ1v) is 7.72. The Morgan fingerprint density at radius 1 is 1.29 bits per heavy atom. The number of nitrogens with two attached hydrogens (primary N) is 1. The number of benzene rings is 1. The first-order valence-electron chi connectivity index (χ1n) is 4.91. The molecule has 0 aromatic heterocycles. The normalized spacial score (nSPS) is 11.1. The third-order valence-electron chi connectivity index (χ3n) is 1.99. The molecule has 1 amide bonds. The molecule has 0 saturated carbocycles. The molecule has 0 aliphatic carbocycles. The van der Waals surface area contributed by atoms with E-state index in [2.05, 4.69) is 0 Å². The first kappa shape index (κ1) is 14.0. The summed E-state index contributed by atoms with van der Waals surface area (Å²) in [7, 11) is -3.25. The van der Waals surface area contributed by atoms with E-state index in [1.54, 1.807) is 30.3 Å². The summed E-state index contributed by atoms with van der Waals surface area (Å²) < 4.78 is 23.6. The van der Waals surface area contributed by atoms with Crippen molar-refractivity contribution in [1.29, 1.82) is 0 Å². The van der Waals surface area contributed by atoms with E-state index in [0.717, 1.165) is 0 Å². The number of carbonyl (C=O) groups excluding carboxylic acids is 1. The monoisotopic (exact) mass is 274 g/mol. The molecular weight excluding hydrogens is 260 g/mol. The molecule has 0 unspecified atom stereocenters. The summed E-state index contributed by atoms with van der Waals surface area (Å²) in [6.07, 6.45) is 0. The molecule has 0 radical (unpaired) electrons. The summed E-state index contributed by atoms with van der Waals surface area (Å²) in [6.45, 7) is 0. The molecule has 1 aromatic carbocycles. The number of thioether (sulfide) groups is 1. The molecule has 3 N–H and O–H groups in total. The van der Waals surface area contributed by atoms with Gasteiger partial charge in [-0.15, -0.1) is 0 Å². The maximum absolute atomic E-state index is 11.8. The van der Waals surface area contributed by atoms with Gasteiger partial charge in [0.05, 0.1) is 16.4 Å².